The van der Waals surface area contributed by atoms with E-state index in [9.17, 15) is 18.3 Å². The Bertz CT molecular complexity index is 710. The lowest BCUT2D eigenvalue weighted by atomic mass is 9.79. The third-order valence-corrected chi connectivity index (χ3v) is 5.64. The van der Waals surface area contributed by atoms with E-state index in [1.54, 1.807) is 24.3 Å². The van der Waals surface area contributed by atoms with Crippen LogP contribution in [0.25, 0.3) is 0 Å². The van der Waals surface area contributed by atoms with Crippen molar-refractivity contribution in [2.24, 2.45) is 10.9 Å². The van der Waals surface area contributed by atoms with Gasteiger partial charge in [0.2, 0.25) is 0 Å². The minimum absolute atomic E-state index is 0.0153. The standard InChI is InChI=1S/C25H36ClF3N2O/c1-4-6-17-31-18-23(32)20(14-10-8-7-9-13-19(26)12-5-2)21-15-11-16-22(24(21)30-3)25(27,28)29/h5,9,12-15,22-24,31-32H,2-4,6-8,10-11,16-18H2,1H3/b13-9-,19-12+,20-14+. The van der Waals surface area contributed by atoms with E-state index in [0.29, 0.717) is 29.0 Å². The molecule has 0 aromatic carbocycles. The van der Waals surface area contributed by atoms with E-state index < -0.39 is 24.2 Å². The largest absolute Gasteiger partial charge is 0.394 e. The molecule has 0 fully saturated rings. The number of unbranched alkanes of at least 4 members (excludes halogenated alkanes) is 3. The minimum atomic E-state index is -4.36. The van der Waals surface area contributed by atoms with Crippen LogP contribution in [0.15, 0.2) is 64.2 Å². The van der Waals surface area contributed by atoms with Crippen LogP contribution in [0.3, 0.4) is 0 Å². The number of rotatable bonds is 14. The number of hydrogen-bond acceptors (Lipinski definition) is 3. The van der Waals surface area contributed by atoms with Crippen LogP contribution >= 0.6 is 11.6 Å². The average molecular weight is 473 g/mol. The average Bonchev–Trinajstić information content (AvgIpc) is 2.75. The number of hydrogen-bond donors (Lipinski definition) is 2. The zero-order chi connectivity index (χ0) is 24.0. The number of aliphatic hydroxyl groups excluding tert-OH is 1. The van der Waals surface area contributed by atoms with Crippen LogP contribution in [0.4, 0.5) is 13.2 Å². The third kappa shape index (κ3) is 9.88. The van der Waals surface area contributed by atoms with Gasteiger partial charge in [-0.25, -0.2) is 0 Å². The van der Waals surface area contributed by atoms with Crippen LogP contribution in [0.2, 0.25) is 0 Å². The van der Waals surface area contributed by atoms with Gasteiger partial charge in [0.15, 0.2) is 0 Å². The molecule has 0 aromatic heterocycles. The Kier molecular flexibility index (Phi) is 13.5. The summed E-state index contributed by atoms with van der Waals surface area (Å²) in [6, 6.07) is -1.09. The number of allylic oxidation sites excluding steroid dienone is 7. The molecule has 0 heterocycles. The highest BCUT2D eigenvalue weighted by atomic mass is 35.5. The van der Waals surface area contributed by atoms with Gasteiger partial charge in [0, 0.05) is 11.6 Å². The molecule has 0 radical (unpaired) electrons. The van der Waals surface area contributed by atoms with Crippen LogP contribution < -0.4 is 5.32 Å². The van der Waals surface area contributed by atoms with Gasteiger partial charge in [-0.1, -0.05) is 55.8 Å². The summed E-state index contributed by atoms with van der Waals surface area (Å²) in [6.45, 7) is 10.1. The molecule has 1 aliphatic rings. The first-order valence-electron chi connectivity index (χ1n) is 11.2. The summed E-state index contributed by atoms with van der Waals surface area (Å²) in [4.78, 5) is 3.83. The molecule has 0 saturated heterocycles. The monoisotopic (exact) mass is 472 g/mol. The van der Waals surface area contributed by atoms with E-state index in [2.05, 4.69) is 30.5 Å². The van der Waals surface area contributed by atoms with E-state index >= 15 is 0 Å². The fraction of sp³-hybridized carbons (Fsp3) is 0.560. The number of nitrogens with one attached hydrogen (secondary N) is 1. The summed E-state index contributed by atoms with van der Waals surface area (Å²) in [5.41, 5.74) is 0.972. The molecule has 32 heavy (non-hydrogen) atoms. The highest BCUT2D eigenvalue weighted by Crippen LogP contribution is 2.42. The molecule has 1 aliphatic carbocycles. The van der Waals surface area contributed by atoms with E-state index in [4.69, 9.17) is 11.6 Å². The predicted octanol–water partition coefficient (Wildman–Crippen LogP) is 6.67. The molecule has 0 saturated carbocycles. The molecule has 7 heteroatoms. The summed E-state index contributed by atoms with van der Waals surface area (Å²) in [6.07, 6.45) is 9.80. The van der Waals surface area contributed by atoms with Gasteiger partial charge >= 0.3 is 6.18 Å². The molecule has 180 valence electrons. The van der Waals surface area contributed by atoms with Crippen LogP contribution in [0, 0.1) is 5.92 Å². The SMILES string of the molecule is C=C/C=C(Cl)\C=C/CCC/C=C(\C1=CCCC(C(F)(F)F)C1N=C)C(O)CNCCCC. The van der Waals surface area contributed by atoms with E-state index in [1.165, 1.54) is 0 Å². The molecular weight excluding hydrogens is 437 g/mol. The normalized spacial score (nSPS) is 21.5. The lowest BCUT2D eigenvalue weighted by Crippen LogP contribution is -2.39. The first-order valence-corrected chi connectivity index (χ1v) is 11.6. The maximum atomic E-state index is 13.6. The number of alkyl halides is 3. The van der Waals surface area contributed by atoms with Crippen molar-refractivity contribution in [1.82, 2.24) is 5.32 Å². The second-order valence-corrected chi connectivity index (χ2v) is 8.30. The molecule has 0 aromatic rings. The molecule has 0 bridgehead atoms. The second-order valence-electron chi connectivity index (χ2n) is 7.87. The van der Waals surface area contributed by atoms with Crippen molar-refractivity contribution < 1.29 is 18.3 Å². The lowest BCUT2D eigenvalue weighted by molar-refractivity contribution is -0.179. The fourth-order valence-electron chi connectivity index (χ4n) is 3.72. The Hall–Kier alpha value is -1.63. The van der Waals surface area contributed by atoms with Gasteiger partial charge in [-0.05, 0) is 75.1 Å². The Morgan fingerprint density at radius 1 is 1.38 bits per heavy atom. The van der Waals surface area contributed by atoms with Gasteiger partial charge < -0.3 is 10.4 Å². The lowest BCUT2D eigenvalue weighted by Gasteiger charge is -2.33. The second kappa shape index (κ2) is 15.3. The molecule has 0 aliphatic heterocycles. The van der Waals surface area contributed by atoms with Gasteiger partial charge in [-0.2, -0.15) is 13.2 Å². The van der Waals surface area contributed by atoms with Crippen molar-refractivity contribution >= 4 is 18.3 Å². The minimum Gasteiger partial charge on any atom is -0.387 e. The third-order valence-electron chi connectivity index (χ3n) is 5.39. The van der Waals surface area contributed by atoms with Gasteiger partial charge in [0.05, 0.1) is 18.1 Å². The Morgan fingerprint density at radius 3 is 2.75 bits per heavy atom. The Balaban J connectivity index is 2.97. The summed E-state index contributed by atoms with van der Waals surface area (Å²) >= 11 is 5.98. The van der Waals surface area contributed by atoms with Gasteiger partial charge in [0.1, 0.15) is 0 Å². The van der Waals surface area contributed by atoms with Crippen LogP contribution in [0.5, 0.6) is 0 Å². The van der Waals surface area contributed by atoms with Crippen molar-refractivity contribution in [2.45, 2.75) is 70.2 Å². The molecule has 3 atom stereocenters. The molecule has 3 nitrogen and oxygen atoms in total. The maximum Gasteiger partial charge on any atom is 0.394 e. The summed E-state index contributed by atoms with van der Waals surface area (Å²) in [5, 5.41) is 14.6. The number of aliphatic hydroxyl groups is 1. The van der Waals surface area contributed by atoms with Crippen molar-refractivity contribution in [1.29, 1.82) is 0 Å². The van der Waals surface area contributed by atoms with Crippen molar-refractivity contribution in [3.8, 4) is 0 Å². The number of nitrogens with zero attached hydrogens (tertiary/aromatic N) is 1. The number of halogens is 4. The van der Waals surface area contributed by atoms with E-state index in [0.717, 1.165) is 32.2 Å². The smallest absolute Gasteiger partial charge is 0.387 e. The highest BCUT2D eigenvalue weighted by molar-refractivity contribution is 6.31. The summed E-state index contributed by atoms with van der Waals surface area (Å²) in [7, 11) is 0. The maximum absolute atomic E-state index is 13.6. The van der Waals surface area contributed by atoms with Gasteiger partial charge in [-0.3, -0.25) is 4.99 Å². The highest BCUT2D eigenvalue weighted by Gasteiger charge is 2.47. The molecule has 0 amide bonds. The number of aliphatic imine (C=N–C) groups is 1. The summed E-state index contributed by atoms with van der Waals surface area (Å²) < 4.78 is 40.7. The van der Waals surface area contributed by atoms with E-state index in [-0.39, 0.29) is 13.0 Å². The van der Waals surface area contributed by atoms with Crippen molar-refractivity contribution in [2.75, 3.05) is 13.1 Å². The first kappa shape index (κ1) is 28.4. The fourth-order valence-corrected chi connectivity index (χ4v) is 3.90. The van der Waals surface area contributed by atoms with Crippen LogP contribution in [0.1, 0.15) is 51.9 Å². The topological polar surface area (TPSA) is 44.6 Å². The zero-order valence-electron chi connectivity index (χ0n) is 18.9. The van der Waals surface area contributed by atoms with Gasteiger partial charge in [-0.15, -0.1) is 0 Å². The predicted molar refractivity (Wildman–Crippen MR) is 129 cm³/mol. The van der Waals surface area contributed by atoms with E-state index in [1.807, 2.05) is 12.2 Å². The quantitative estimate of drug-likeness (QED) is 0.168. The molecule has 3 unspecified atom stereocenters. The first-order chi connectivity index (χ1) is 15.3. The van der Waals surface area contributed by atoms with Crippen LogP contribution in [-0.2, 0) is 0 Å². The van der Waals surface area contributed by atoms with Crippen molar-refractivity contribution in [3.63, 3.8) is 0 Å². The van der Waals surface area contributed by atoms with Crippen molar-refractivity contribution in [3.05, 3.63) is 59.2 Å². The zero-order valence-corrected chi connectivity index (χ0v) is 19.6. The van der Waals surface area contributed by atoms with Gasteiger partial charge in [0.25, 0.3) is 0 Å². The molecular formula is C25H36ClF3N2O. The Labute approximate surface area is 195 Å². The molecule has 2 N–H and O–H groups in total. The van der Waals surface area contributed by atoms with Crippen LogP contribution in [-0.4, -0.2) is 43.2 Å². The molecule has 0 spiro atoms. The molecule has 1 rings (SSSR count). The Morgan fingerprint density at radius 2 is 2.12 bits per heavy atom. The summed E-state index contributed by atoms with van der Waals surface area (Å²) in [5.74, 6) is -1.58.